The van der Waals surface area contributed by atoms with Gasteiger partial charge in [-0.2, -0.15) is 16.8 Å². The van der Waals surface area contributed by atoms with Crippen molar-refractivity contribution < 1.29 is 40.1 Å². The molecule has 0 saturated heterocycles. The van der Waals surface area contributed by atoms with Crippen molar-refractivity contribution in [1.82, 2.24) is 15.0 Å². The van der Waals surface area contributed by atoms with E-state index in [-0.39, 0.29) is 46.2 Å². The summed E-state index contributed by atoms with van der Waals surface area (Å²) in [5, 5.41) is 7.69. The van der Waals surface area contributed by atoms with Gasteiger partial charge in [-0.25, -0.2) is 4.57 Å². The largest absolute Gasteiger partial charge is 0.444 e. The van der Waals surface area contributed by atoms with Gasteiger partial charge >= 0.3 is 17.8 Å². The molecule has 2 amide bonds. The predicted molar refractivity (Wildman–Crippen MR) is 148 cm³/mol. The molecular weight excluding hydrogens is 594 g/mol. The van der Waals surface area contributed by atoms with Crippen molar-refractivity contribution in [3.05, 3.63) is 66.5 Å². The molecule has 42 heavy (non-hydrogen) atoms. The first-order chi connectivity index (χ1) is 19.6. The molecule has 0 aliphatic carbocycles. The quantitative estimate of drug-likeness (QED) is 0.101. The minimum Gasteiger partial charge on any atom is -0.366 e. The van der Waals surface area contributed by atoms with Crippen LogP contribution in [-0.2, 0) is 25.0 Å². The molecule has 0 radical (unpaired) electrons. The molecule has 0 aliphatic rings. The number of pyridine rings is 1. The summed E-state index contributed by atoms with van der Waals surface area (Å²) in [5.74, 6) is -1.80. The summed E-state index contributed by atoms with van der Waals surface area (Å²) < 4.78 is 69.0. The van der Waals surface area contributed by atoms with Crippen LogP contribution < -0.4 is 32.0 Å². The molecule has 2 aromatic carbocycles. The Bertz CT molecular complexity index is 1950. The monoisotopic (exact) mass is 616 g/mol. The van der Waals surface area contributed by atoms with Crippen LogP contribution >= 0.6 is 0 Å². The fourth-order valence-electron chi connectivity index (χ4n) is 3.61. The normalized spacial score (nSPS) is 11.5. The third-order valence-corrected chi connectivity index (χ3v) is 7.11. The number of anilines is 6. The zero-order valence-electron chi connectivity index (χ0n) is 21.4. The average Bonchev–Trinajstić information content (AvgIpc) is 2.88. The number of hydrogen-bond acceptors (Lipinski definition) is 12. The van der Waals surface area contributed by atoms with Gasteiger partial charge in [0.25, 0.3) is 26.1 Å². The Hall–Kier alpha value is -5.24. The molecule has 218 valence electrons. The number of aromatic nitrogens is 4. The summed E-state index contributed by atoms with van der Waals surface area (Å²) in [5.41, 5.74) is 11.1. The lowest BCUT2D eigenvalue weighted by Crippen LogP contribution is -2.35. The lowest BCUT2D eigenvalue weighted by molar-refractivity contribution is -0.603. The van der Waals surface area contributed by atoms with Crippen LogP contribution in [0.15, 0.2) is 70.7 Å². The molecule has 0 unspecified atom stereocenters. The minimum atomic E-state index is -4.85. The first-order valence-corrected chi connectivity index (χ1v) is 14.4. The van der Waals surface area contributed by atoms with Crippen LogP contribution in [0.3, 0.4) is 0 Å². The number of carbonyl (C=O) groups excluding carboxylic acids is 2. The SMILES string of the molecule is CC(=O)Nc1ccc(Nc2ccc(Nc3nc(N)nc(-[n+]4cccc(C(N)=O)c4)n3)c(S(=O)(=O)O)c2)cc1S(=O)(=O)O. The van der Waals surface area contributed by atoms with Crippen molar-refractivity contribution in [2.75, 3.05) is 21.7 Å². The van der Waals surface area contributed by atoms with Crippen LogP contribution in [0.2, 0.25) is 0 Å². The molecule has 0 saturated carbocycles. The zero-order valence-corrected chi connectivity index (χ0v) is 23.0. The highest BCUT2D eigenvalue weighted by molar-refractivity contribution is 7.86. The van der Waals surface area contributed by atoms with Gasteiger partial charge < -0.3 is 27.4 Å². The van der Waals surface area contributed by atoms with E-state index in [9.17, 15) is 35.5 Å². The highest BCUT2D eigenvalue weighted by atomic mass is 32.2. The van der Waals surface area contributed by atoms with Crippen molar-refractivity contribution >= 4 is 66.7 Å². The Labute approximate surface area is 238 Å². The fraction of sp³-hybridized carbons (Fsp3) is 0.0435. The molecule has 2 aromatic heterocycles. The van der Waals surface area contributed by atoms with Crippen LogP contribution in [0.1, 0.15) is 17.3 Å². The standard InChI is InChI=1S/C23H21N9O8S2/c1-12(33)26-16-6-4-14(9-18(16)41(35,36)37)27-15-5-7-17(19(10-15)42(38,39)40)28-22-29-21(25)30-23(31-22)32-8-2-3-13(11-32)20(24)34/h2-11,27H,1H3,(H7-,24,25,26,28,29,30,31,33,34,35,36,37,38,39,40)/p+1. The van der Waals surface area contributed by atoms with E-state index in [1.807, 2.05) is 0 Å². The topological polar surface area (TPSA) is 274 Å². The van der Waals surface area contributed by atoms with Crippen LogP contribution in [0.4, 0.5) is 34.6 Å². The van der Waals surface area contributed by atoms with Crippen molar-refractivity contribution in [3.8, 4) is 5.95 Å². The maximum absolute atomic E-state index is 12.2. The molecule has 0 bridgehead atoms. The number of nitrogen functional groups attached to an aromatic ring is 1. The van der Waals surface area contributed by atoms with Gasteiger partial charge in [-0.3, -0.25) is 18.7 Å². The number of carbonyl (C=O) groups is 2. The van der Waals surface area contributed by atoms with Crippen molar-refractivity contribution in [2.45, 2.75) is 16.7 Å². The molecule has 0 fully saturated rings. The Balaban J connectivity index is 1.69. The zero-order chi connectivity index (χ0) is 30.8. The van der Waals surface area contributed by atoms with E-state index < -0.39 is 41.8 Å². The third kappa shape index (κ3) is 7.09. The summed E-state index contributed by atoms with van der Waals surface area (Å²) in [7, 11) is -9.61. The van der Waals surface area contributed by atoms with E-state index in [1.165, 1.54) is 53.4 Å². The van der Waals surface area contributed by atoms with Crippen molar-refractivity contribution in [1.29, 1.82) is 0 Å². The number of rotatable bonds is 9. The molecule has 0 aliphatic heterocycles. The number of hydrogen-bond donors (Lipinski definition) is 7. The molecular formula is C23H22N9O8S2+. The number of benzene rings is 2. The molecule has 19 heteroatoms. The van der Waals surface area contributed by atoms with Crippen molar-refractivity contribution in [2.24, 2.45) is 5.73 Å². The van der Waals surface area contributed by atoms with E-state index in [4.69, 9.17) is 11.5 Å². The highest BCUT2D eigenvalue weighted by Gasteiger charge is 2.22. The lowest BCUT2D eigenvalue weighted by atomic mass is 10.2. The fourth-order valence-corrected chi connectivity index (χ4v) is 4.95. The molecule has 17 nitrogen and oxygen atoms in total. The summed E-state index contributed by atoms with van der Waals surface area (Å²) in [4.78, 5) is 33.8. The van der Waals surface area contributed by atoms with Gasteiger partial charge in [-0.1, -0.05) is 0 Å². The van der Waals surface area contributed by atoms with Crippen LogP contribution in [-0.4, -0.2) is 52.7 Å². The van der Waals surface area contributed by atoms with Crippen LogP contribution in [0, 0.1) is 0 Å². The summed E-state index contributed by atoms with van der Waals surface area (Å²) in [6.07, 6.45) is 2.85. The smallest absolute Gasteiger partial charge is 0.366 e. The van der Waals surface area contributed by atoms with Crippen molar-refractivity contribution in [3.63, 3.8) is 0 Å². The minimum absolute atomic E-state index is 0.0443. The Morgan fingerprint density at radius 2 is 1.45 bits per heavy atom. The first kappa shape index (κ1) is 29.7. The summed E-state index contributed by atoms with van der Waals surface area (Å²) in [6.45, 7) is 1.15. The van der Waals surface area contributed by atoms with Gasteiger partial charge in [0.2, 0.25) is 5.91 Å². The highest BCUT2D eigenvalue weighted by Crippen LogP contribution is 2.31. The van der Waals surface area contributed by atoms with E-state index in [1.54, 1.807) is 0 Å². The molecule has 9 N–H and O–H groups in total. The van der Waals surface area contributed by atoms with E-state index in [0.29, 0.717) is 0 Å². The summed E-state index contributed by atoms with van der Waals surface area (Å²) in [6, 6.07) is 10.2. The van der Waals surface area contributed by atoms with Gasteiger partial charge in [0, 0.05) is 18.3 Å². The Morgan fingerprint density at radius 1 is 0.857 bits per heavy atom. The second-order valence-corrected chi connectivity index (χ2v) is 11.3. The predicted octanol–water partition coefficient (Wildman–Crippen LogP) is 0.768. The van der Waals surface area contributed by atoms with Gasteiger partial charge in [-0.05, 0) is 58.5 Å². The molecule has 0 atom stereocenters. The second kappa shape index (κ2) is 11.3. The molecule has 4 aromatic rings. The first-order valence-electron chi connectivity index (χ1n) is 11.5. The van der Waals surface area contributed by atoms with E-state index in [0.717, 1.165) is 19.1 Å². The van der Waals surface area contributed by atoms with Gasteiger partial charge in [-0.15, -0.1) is 4.98 Å². The third-order valence-electron chi connectivity index (χ3n) is 5.32. The Morgan fingerprint density at radius 3 is 2.02 bits per heavy atom. The number of nitrogens with two attached hydrogens (primary N) is 2. The van der Waals surface area contributed by atoms with Crippen LogP contribution in [0.25, 0.3) is 5.95 Å². The van der Waals surface area contributed by atoms with Crippen LogP contribution in [0.5, 0.6) is 0 Å². The molecule has 0 spiro atoms. The number of amides is 2. The average molecular weight is 617 g/mol. The van der Waals surface area contributed by atoms with Gasteiger partial charge in [0.05, 0.1) is 29.3 Å². The molecule has 2 heterocycles. The summed E-state index contributed by atoms with van der Waals surface area (Å²) >= 11 is 0. The number of primary amides is 1. The Kier molecular flexibility index (Phi) is 8.02. The maximum Gasteiger partial charge on any atom is 0.444 e. The van der Waals surface area contributed by atoms with Gasteiger partial charge in [0.15, 0.2) is 0 Å². The maximum atomic E-state index is 12.2. The lowest BCUT2D eigenvalue weighted by Gasteiger charge is -2.14. The molecule has 4 rings (SSSR count). The van der Waals surface area contributed by atoms with E-state index in [2.05, 4.69) is 30.9 Å². The van der Waals surface area contributed by atoms with E-state index >= 15 is 0 Å². The van der Waals surface area contributed by atoms with Gasteiger partial charge in [0.1, 0.15) is 9.79 Å². The number of nitrogens with zero attached hydrogens (tertiary/aromatic N) is 4. The number of nitrogens with one attached hydrogen (secondary N) is 3. The second-order valence-electron chi connectivity index (χ2n) is 8.48.